The molecule has 1 unspecified atom stereocenters. The fourth-order valence-corrected chi connectivity index (χ4v) is 2.35. The Morgan fingerprint density at radius 1 is 1.41 bits per heavy atom. The van der Waals surface area contributed by atoms with Gasteiger partial charge >= 0.3 is 5.97 Å². The number of hydrogen-bond donors (Lipinski definition) is 2. The molecule has 0 aliphatic heterocycles. The molecule has 0 saturated heterocycles. The molecule has 4 heteroatoms. The normalized spacial score (nSPS) is 19.2. The van der Waals surface area contributed by atoms with Crippen molar-refractivity contribution in [2.24, 2.45) is 11.1 Å². The van der Waals surface area contributed by atoms with Gasteiger partial charge in [-0.15, -0.1) is 0 Å². The molecule has 2 rings (SSSR count). The van der Waals surface area contributed by atoms with Crippen molar-refractivity contribution < 1.29 is 14.6 Å². The molecule has 1 atom stereocenters. The zero-order valence-corrected chi connectivity index (χ0v) is 9.85. The van der Waals surface area contributed by atoms with Gasteiger partial charge in [0.05, 0.1) is 12.5 Å². The Bertz CT molecular complexity index is 409. The van der Waals surface area contributed by atoms with Crippen LogP contribution in [0.5, 0.6) is 5.75 Å². The second-order valence-corrected chi connectivity index (χ2v) is 4.57. The highest BCUT2D eigenvalue weighted by Gasteiger charge is 2.49. The van der Waals surface area contributed by atoms with Crippen molar-refractivity contribution >= 4 is 5.97 Å². The third-order valence-corrected chi connectivity index (χ3v) is 3.74. The summed E-state index contributed by atoms with van der Waals surface area (Å²) in [6.07, 6.45) is 2.27. The molecule has 0 spiro atoms. The summed E-state index contributed by atoms with van der Waals surface area (Å²) >= 11 is 0. The molecule has 0 aromatic heterocycles. The van der Waals surface area contributed by atoms with Gasteiger partial charge in [-0.25, -0.2) is 0 Å². The van der Waals surface area contributed by atoms with Gasteiger partial charge in [0.1, 0.15) is 5.75 Å². The number of carbonyl (C=O) groups is 1. The number of rotatable bonds is 4. The first-order valence-corrected chi connectivity index (χ1v) is 5.73. The molecule has 1 saturated carbocycles. The monoisotopic (exact) mass is 235 g/mol. The smallest absolute Gasteiger partial charge is 0.311 e. The molecule has 1 aliphatic rings. The van der Waals surface area contributed by atoms with Crippen LogP contribution in [-0.2, 0) is 4.79 Å². The van der Waals surface area contributed by atoms with Crippen molar-refractivity contribution in [3.8, 4) is 5.75 Å². The minimum Gasteiger partial charge on any atom is -0.497 e. The molecule has 17 heavy (non-hydrogen) atoms. The summed E-state index contributed by atoms with van der Waals surface area (Å²) in [5, 5.41) is 9.31. The molecule has 1 aliphatic carbocycles. The van der Waals surface area contributed by atoms with E-state index in [0.29, 0.717) is 12.8 Å². The van der Waals surface area contributed by atoms with E-state index in [-0.39, 0.29) is 0 Å². The lowest BCUT2D eigenvalue weighted by atomic mass is 9.62. The summed E-state index contributed by atoms with van der Waals surface area (Å²) < 4.78 is 5.07. The molecule has 1 aromatic carbocycles. The second kappa shape index (κ2) is 4.37. The Kier molecular flexibility index (Phi) is 3.07. The van der Waals surface area contributed by atoms with E-state index >= 15 is 0 Å². The average molecular weight is 235 g/mol. The number of benzene rings is 1. The second-order valence-electron chi connectivity index (χ2n) is 4.57. The Hall–Kier alpha value is -1.55. The highest BCUT2D eigenvalue weighted by Crippen LogP contribution is 2.49. The SMILES string of the molecule is COc1ccc(C(N)C2(C(=O)O)CCC2)cc1. The quantitative estimate of drug-likeness (QED) is 0.836. The van der Waals surface area contributed by atoms with Crippen LogP contribution >= 0.6 is 0 Å². The number of ether oxygens (including phenoxy) is 1. The molecule has 1 aromatic rings. The summed E-state index contributed by atoms with van der Waals surface area (Å²) in [6.45, 7) is 0. The van der Waals surface area contributed by atoms with Crippen molar-refractivity contribution in [3.63, 3.8) is 0 Å². The lowest BCUT2D eigenvalue weighted by molar-refractivity contribution is -0.156. The average Bonchev–Trinajstić information content (AvgIpc) is 2.27. The van der Waals surface area contributed by atoms with E-state index in [2.05, 4.69) is 0 Å². The minimum atomic E-state index is -0.785. The van der Waals surface area contributed by atoms with Crippen LogP contribution < -0.4 is 10.5 Å². The van der Waals surface area contributed by atoms with Crippen molar-refractivity contribution in [1.82, 2.24) is 0 Å². The van der Waals surface area contributed by atoms with Crippen LogP contribution in [0.15, 0.2) is 24.3 Å². The third-order valence-electron chi connectivity index (χ3n) is 3.74. The molecule has 92 valence electrons. The van der Waals surface area contributed by atoms with E-state index in [4.69, 9.17) is 10.5 Å². The number of hydrogen-bond acceptors (Lipinski definition) is 3. The van der Waals surface area contributed by atoms with Gasteiger partial charge in [0.25, 0.3) is 0 Å². The zero-order chi connectivity index (χ0) is 12.5. The Morgan fingerprint density at radius 3 is 2.35 bits per heavy atom. The van der Waals surface area contributed by atoms with Gasteiger partial charge in [-0.1, -0.05) is 18.6 Å². The van der Waals surface area contributed by atoms with Gasteiger partial charge in [0.2, 0.25) is 0 Å². The van der Waals surface area contributed by atoms with Crippen molar-refractivity contribution in [1.29, 1.82) is 0 Å². The molecule has 4 nitrogen and oxygen atoms in total. The van der Waals surface area contributed by atoms with E-state index in [1.54, 1.807) is 7.11 Å². The zero-order valence-electron chi connectivity index (χ0n) is 9.85. The van der Waals surface area contributed by atoms with Crippen LogP contribution in [-0.4, -0.2) is 18.2 Å². The fourth-order valence-electron chi connectivity index (χ4n) is 2.35. The standard InChI is InChI=1S/C13H17NO3/c1-17-10-5-3-9(4-6-10)11(14)13(12(15)16)7-2-8-13/h3-6,11H,2,7-8,14H2,1H3,(H,15,16). The summed E-state index contributed by atoms with van der Waals surface area (Å²) in [5.41, 5.74) is 6.19. The van der Waals surface area contributed by atoms with Crippen LogP contribution in [0, 0.1) is 5.41 Å². The van der Waals surface area contributed by atoms with Crippen molar-refractivity contribution in [2.75, 3.05) is 7.11 Å². The highest BCUT2D eigenvalue weighted by molar-refractivity contribution is 5.77. The molecular weight excluding hydrogens is 218 g/mol. The number of nitrogens with two attached hydrogens (primary N) is 1. The minimum absolute atomic E-state index is 0.445. The fraction of sp³-hybridized carbons (Fsp3) is 0.462. The maximum Gasteiger partial charge on any atom is 0.311 e. The van der Waals surface area contributed by atoms with Crippen molar-refractivity contribution in [2.45, 2.75) is 25.3 Å². The molecule has 0 heterocycles. The summed E-state index contributed by atoms with van der Waals surface area (Å²) in [7, 11) is 1.60. The number of aliphatic carboxylic acids is 1. The lowest BCUT2D eigenvalue weighted by Gasteiger charge is -2.42. The van der Waals surface area contributed by atoms with Crippen molar-refractivity contribution in [3.05, 3.63) is 29.8 Å². The van der Waals surface area contributed by atoms with Gasteiger partial charge in [-0.2, -0.15) is 0 Å². The third kappa shape index (κ3) is 1.89. The van der Waals surface area contributed by atoms with Gasteiger partial charge in [0.15, 0.2) is 0 Å². The summed E-state index contributed by atoms with van der Waals surface area (Å²) in [4.78, 5) is 11.3. The molecule has 1 fully saturated rings. The topological polar surface area (TPSA) is 72.5 Å². The van der Waals surface area contributed by atoms with Crippen LogP contribution in [0.2, 0.25) is 0 Å². The first kappa shape index (κ1) is 11.9. The number of carboxylic acid groups (broad SMARTS) is 1. The lowest BCUT2D eigenvalue weighted by Crippen LogP contribution is -2.46. The molecule has 0 amide bonds. The Labute approximate surface area is 100 Å². The first-order valence-electron chi connectivity index (χ1n) is 5.73. The molecule has 0 radical (unpaired) electrons. The highest BCUT2D eigenvalue weighted by atomic mass is 16.5. The van der Waals surface area contributed by atoms with E-state index in [0.717, 1.165) is 17.7 Å². The van der Waals surface area contributed by atoms with E-state index < -0.39 is 17.4 Å². The summed E-state index contributed by atoms with van der Waals surface area (Å²) in [5.74, 6) is -0.0361. The largest absolute Gasteiger partial charge is 0.497 e. The first-order chi connectivity index (χ1) is 8.10. The molecule has 0 bridgehead atoms. The predicted molar refractivity (Wildman–Crippen MR) is 63.8 cm³/mol. The van der Waals surface area contributed by atoms with E-state index in [1.807, 2.05) is 24.3 Å². The van der Waals surface area contributed by atoms with Crippen LogP contribution in [0.25, 0.3) is 0 Å². The number of methoxy groups -OCH3 is 1. The van der Waals surface area contributed by atoms with E-state index in [1.165, 1.54) is 0 Å². The van der Waals surface area contributed by atoms with Gasteiger partial charge in [-0.3, -0.25) is 4.79 Å². The van der Waals surface area contributed by atoms with E-state index in [9.17, 15) is 9.90 Å². The molecule has 3 N–H and O–H groups in total. The van der Waals surface area contributed by atoms with Crippen LogP contribution in [0.3, 0.4) is 0 Å². The maximum atomic E-state index is 11.3. The van der Waals surface area contributed by atoms with Gasteiger partial charge in [0, 0.05) is 6.04 Å². The van der Waals surface area contributed by atoms with Gasteiger partial charge < -0.3 is 15.6 Å². The Balaban J connectivity index is 2.23. The Morgan fingerprint density at radius 2 is 2.00 bits per heavy atom. The van der Waals surface area contributed by atoms with Crippen LogP contribution in [0.1, 0.15) is 30.9 Å². The van der Waals surface area contributed by atoms with Gasteiger partial charge in [-0.05, 0) is 30.5 Å². The van der Waals surface area contributed by atoms with Crippen LogP contribution in [0.4, 0.5) is 0 Å². The molecular formula is C13H17NO3. The summed E-state index contributed by atoms with van der Waals surface area (Å²) in [6, 6.07) is 6.85. The number of carboxylic acids is 1. The maximum absolute atomic E-state index is 11.3. The predicted octanol–water partition coefficient (Wildman–Crippen LogP) is 1.95.